The Labute approximate surface area is 283 Å². The SMILES string of the molecule is CCOc1cc(N=Nc2c(SOOO)cc3cc(S(=O)(=O)O)c(N)cc3c2O)c(OCC)cc1N=Nc1ccc(S(=O)(=O)NC(C)=O)cc1. The van der Waals surface area contributed by atoms with E-state index < -0.39 is 36.7 Å². The molecule has 0 heterocycles. The summed E-state index contributed by atoms with van der Waals surface area (Å²) in [6.45, 7) is 4.93. The molecule has 0 aromatic heterocycles. The van der Waals surface area contributed by atoms with Gasteiger partial charge in [-0.2, -0.15) is 13.5 Å². The number of azo groups is 2. The lowest BCUT2D eigenvalue weighted by atomic mass is 10.1. The van der Waals surface area contributed by atoms with E-state index in [0.717, 1.165) is 19.1 Å². The fraction of sp³-hybridized carbons (Fsp3) is 0.179. The second kappa shape index (κ2) is 15.5. The molecule has 0 saturated carbocycles. The molecule has 0 unspecified atom stereocenters. The van der Waals surface area contributed by atoms with E-state index in [4.69, 9.17) is 20.5 Å². The van der Waals surface area contributed by atoms with Crippen molar-refractivity contribution in [3.63, 3.8) is 0 Å². The van der Waals surface area contributed by atoms with E-state index in [2.05, 4.69) is 29.8 Å². The van der Waals surface area contributed by atoms with E-state index in [0.29, 0.717) is 12.0 Å². The number of nitrogen functional groups attached to an aromatic ring is 1. The van der Waals surface area contributed by atoms with Gasteiger partial charge in [0.2, 0.25) is 5.91 Å². The Morgan fingerprint density at radius 2 is 1.49 bits per heavy atom. The summed E-state index contributed by atoms with van der Waals surface area (Å²) in [7, 11) is -8.74. The molecule has 0 aliphatic carbocycles. The van der Waals surface area contributed by atoms with Crippen LogP contribution in [0, 0.1) is 0 Å². The Balaban J connectivity index is 1.77. The van der Waals surface area contributed by atoms with E-state index in [1.165, 1.54) is 42.5 Å². The zero-order valence-electron chi connectivity index (χ0n) is 25.7. The summed E-state index contributed by atoms with van der Waals surface area (Å²) in [6.07, 6.45) is 0. The number of benzene rings is 4. The summed E-state index contributed by atoms with van der Waals surface area (Å²) in [5.74, 6) is -0.871. The number of phenols is 1. The van der Waals surface area contributed by atoms with Gasteiger partial charge in [0.15, 0.2) is 5.75 Å². The molecule has 4 aromatic carbocycles. The molecular weight excluding hydrogens is 709 g/mol. The van der Waals surface area contributed by atoms with Gasteiger partial charge in [-0.25, -0.2) is 18.4 Å². The van der Waals surface area contributed by atoms with Crippen molar-refractivity contribution >= 4 is 77.3 Å². The van der Waals surface area contributed by atoms with Crippen LogP contribution in [-0.2, 0) is 34.3 Å². The van der Waals surface area contributed by atoms with Crippen molar-refractivity contribution in [2.24, 2.45) is 20.5 Å². The van der Waals surface area contributed by atoms with Crippen molar-refractivity contribution in [1.82, 2.24) is 4.72 Å². The molecule has 49 heavy (non-hydrogen) atoms. The second-order valence-corrected chi connectivity index (χ2v) is 13.4. The highest BCUT2D eigenvalue weighted by Crippen LogP contribution is 2.47. The first-order valence-electron chi connectivity index (χ1n) is 13.8. The number of anilines is 1. The van der Waals surface area contributed by atoms with E-state index in [1.54, 1.807) is 13.8 Å². The molecule has 0 fully saturated rings. The lowest BCUT2D eigenvalue weighted by Gasteiger charge is -2.13. The number of ether oxygens (including phenoxy) is 2. The largest absolute Gasteiger partial charge is 0.505 e. The zero-order valence-corrected chi connectivity index (χ0v) is 28.2. The minimum absolute atomic E-state index is 0.00170. The number of nitrogens with zero attached hydrogens (tertiary/aromatic N) is 4. The minimum atomic E-state index is -4.70. The molecule has 260 valence electrons. The van der Waals surface area contributed by atoms with Gasteiger partial charge in [-0.05, 0) is 61.7 Å². The van der Waals surface area contributed by atoms with Crippen molar-refractivity contribution < 1.29 is 55.4 Å². The Bertz CT molecular complexity index is 2160. The quantitative estimate of drug-likeness (QED) is 0.0239. The number of sulfonamides is 1. The number of amides is 1. The second-order valence-electron chi connectivity index (χ2n) is 9.59. The normalized spacial score (nSPS) is 12.2. The first-order chi connectivity index (χ1) is 23.2. The van der Waals surface area contributed by atoms with Crippen LogP contribution in [-0.4, -0.2) is 50.9 Å². The lowest BCUT2D eigenvalue weighted by Crippen LogP contribution is -2.28. The van der Waals surface area contributed by atoms with Crippen LogP contribution in [0.1, 0.15) is 20.8 Å². The number of carbonyl (C=O) groups is 1. The monoisotopic (exact) mass is 736 g/mol. The maximum Gasteiger partial charge on any atom is 0.296 e. The lowest BCUT2D eigenvalue weighted by molar-refractivity contribution is -0.432. The number of nitrogens with two attached hydrogens (primary N) is 1. The third-order valence-corrected chi connectivity index (χ3v) is 9.19. The topological polar surface area (TPSA) is 270 Å². The Hall–Kier alpha value is -4.90. The number of rotatable bonds is 14. The van der Waals surface area contributed by atoms with Gasteiger partial charge in [0.1, 0.15) is 33.5 Å². The fourth-order valence-corrected chi connectivity index (χ4v) is 6.34. The highest BCUT2D eigenvalue weighted by Gasteiger charge is 2.21. The molecule has 0 bridgehead atoms. The predicted octanol–water partition coefficient (Wildman–Crippen LogP) is 6.26. The van der Waals surface area contributed by atoms with Gasteiger partial charge in [0, 0.05) is 24.4 Å². The standard InChI is InChI=1S/C28H28N6O12S3/c1-4-43-23-14-22(24(44-5-2)13-21(23)31-30-17-6-8-18(9-7-17)48(38,39)34-15(3)35)32-33-27-25(47-46-45-37)10-16-11-26(49(40,41)42)20(29)12-19(16)28(27)36/h6-14,36-37H,4-5,29H2,1-3H3,(H,34,35)(H,40,41,42). The Morgan fingerprint density at radius 3 is 2.02 bits per heavy atom. The number of nitrogens with one attached hydrogen (secondary N) is 1. The van der Waals surface area contributed by atoms with Gasteiger partial charge in [-0.15, -0.1) is 19.7 Å². The van der Waals surface area contributed by atoms with E-state index in [1.807, 2.05) is 4.72 Å². The summed E-state index contributed by atoms with van der Waals surface area (Å²) in [5.41, 5.74) is 5.87. The molecule has 0 spiro atoms. The molecule has 0 aliphatic heterocycles. The van der Waals surface area contributed by atoms with Gasteiger partial charge in [-0.1, -0.05) is 5.04 Å². The van der Waals surface area contributed by atoms with Crippen molar-refractivity contribution in [2.75, 3.05) is 18.9 Å². The van der Waals surface area contributed by atoms with E-state index in [-0.39, 0.29) is 73.7 Å². The van der Waals surface area contributed by atoms with Crippen LogP contribution < -0.4 is 19.9 Å². The van der Waals surface area contributed by atoms with E-state index >= 15 is 0 Å². The first-order valence-corrected chi connectivity index (χ1v) is 17.5. The molecule has 0 atom stereocenters. The highest BCUT2D eigenvalue weighted by molar-refractivity contribution is 7.94. The number of hydrogen-bond donors (Lipinski definition) is 5. The maximum absolute atomic E-state index is 12.2. The third kappa shape index (κ3) is 8.97. The average Bonchev–Trinajstić information content (AvgIpc) is 3.03. The average molecular weight is 737 g/mol. The van der Waals surface area contributed by atoms with Crippen molar-refractivity contribution in [3.05, 3.63) is 54.6 Å². The molecular formula is C28H28N6O12S3. The molecule has 4 rings (SSSR count). The molecule has 21 heteroatoms. The third-order valence-electron chi connectivity index (χ3n) is 6.21. The zero-order chi connectivity index (χ0) is 35.9. The molecule has 1 amide bonds. The Morgan fingerprint density at radius 1 is 0.898 bits per heavy atom. The van der Waals surface area contributed by atoms with Gasteiger partial charge >= 0.3 is 0 Å². The number of hydrogen-bond acceptors (Lipinski definition) is 17. The maximum atomic E-state index is 12.2. The van der Waals surface area contributed by atoms with E-state index in [9.17, 15) is 31.3 Å². The van der Waals surface area contributed by atoms with Crippen LogP contribution in [0.3, 0.4) is 0 Å². The van der Waals surface area contributed by atoms with Crippen molar-refractivity contribution in [3.8, 4) is 17.2 Å². The first kappa shape index (κ1) is 36.9. The fourth-order valence-electron chi connectivity index (χ4n) is 4.22. The number of fused-ring (bicyclic) bond motifs is 1. The van der Waals surface area contributed by atoms with Crippen LogP contribution in [0.4, 0.5) is 28.4 Å². The highest BCUT2D eigenvalue weighted by atomic mass is 32.2. The number of phenolic OH excluding ortho intramolecular Hbond substituents is 1. The van der Waals surface area contributed by atoms with Crippen LogP contribution in [0.25, 0.3) is 10.8 Å². The molecule has 0 saturated heterocycles. The van der Waals surface area contributed by atoms with Crippen molar-refractivity contribution in [2.45, 2.75) is 35.5 Å². The van der Waals surface area contributed by atoms with Crippen LogP contribution in [0.2, 0.25) is 0 Å². The van der Waals surface area contributed by atoms with Gasteiger partial charge in [0.05, 0.1) is 46.4 Å². The summed E-state index contributed by atoms with van der Waals surface area (Å²) < 4.78 is 75.4. The summed E-state index contributed by atoms with van der Waals surface area (Å²) in [4.78, 5) is 10.5. The molecule has 4 aromatic rings. The molecule has 6 N–H and O–H groups in total. The van der Waals surface area contributed by atoms with Gasteiger partial charge in [0.25, 0.3) is 20.1 Å². The smallest absolute Gasteiger partial charge is 0.296 e. The van der Waals surface area contributed by atoms with Gasteiger partial charge in [-0.3, -0.25) is 9.35 Å². The molecule has 0 aliphatic rings. The number of aromatic hydroxyl groups is 1. The van der Waals surface area contributed by atoms with Crippen molar-refractivity contribution in [1.29, 1.82) is 0 Å². The molecule has 18 nitrogen and oxygen atoms in total. The summed E-state index contributed by atoms with van der Waals surface area (Å²) in [6, 6.07) is 11.7. The Kier molecular flexibility index (Phi) is 11.7. The van der Waals surface area contributed by atoms with Gasteiger partial charge < -0.3 is 20.3 Å². The summed E-state index contributed by atoms with van der Waals surface area (Å²) in [5, 5.41) is 40.4. The van der Waals surface area contributed by atoms with Crippen LogP contribution >= 0.6 is 12.0 Å². The van der Waals surface area contributed by atoms with Crippen LogP contribution in [0.5, 0.6) is 17.2 Å². The number of carbonyl (C=O) groups excluding carboxylic acids is 1. The van der Waals surface area contributed by atoms with Crippen LogP contribution in [0.15, 0.2) is 89.7 Å². The molecule has 0 radical (unpaired) electrons. The summed E-state index contributed by atoms with van der Waals surface area (Å²) >= 11 is 0.402. The predicted molar refractivity (Wildman–Crippen MR) is 175 cm³/mol. The minimum Gasteiger partial charge on any atom is -0.505 e.